The summed E-state index contributed by atoms with van der Waals surface area (Å²) in [5, 5.41) is 9.44. The summed E-state index contributed by atoms with van der Waals surface area (Å²) in [7, 11) is 1.29. The molecule has 0 aliphatic heterocycles. The van der Waals surface area contributed by atoms with E-state index < -0.39 is 17.4 Å². The minimum Gasteiger partial charge on any atom is -0.469 e. The molecule has 0 fully saturated rings. The fraction of sp³-hybridized carbons (Fsp3) is 0.538. The molecule has 6 nitrogen and oxygen atoms in total. The fourth-order valence-electron chi connectivity index (χ4n) is 1.63. The van der Waals surface area contributed by atoms with Crippen LogP contribution in [0.15, 0.2) is 21.2 Å². The molecule has 1 aromatic heterocycles. The molecule has 7 heteroatoms. The molecule has 0 bridgehead atoms. The molecule has 112 valence electrons. The Kier molecular flexibility index (Phi) is 5.76. The van der Waals surface area contributed by atoms with E-state index in [0.717, 1.165) is 0 Å². The van der Waals surface area contributed by atoms with Gasteiger partial charge in [-0.3, -0.25) is 9.59 Å². The van der Waals surface area contributed by atoms with Crippen LogP contribution in [0.4, 0.5) is 0 Å². The van der Waals surface area contributed by atoms with Gasteiger partial charge in [0.05, 0.1) is 25.7 Å². The van der Waals surface area contributed by atoms with Gasteiger partial charge >= 0.3 is 5.97 Å². The summed E-state index contributed by atoms with van der Waals surface area (Å²) in [6, 6.07) is 3.14. The molecular weight excluding hydrogens is 330 g/mol. The Morgan fingerprint density at radius 1 is 1.45 bits per heavy atom. The average Bonchev–Trinajstić information content (AvgIpc) is 2.84. The van der Waals surface area contributed by atoms with E-state index in [2.05, 4.69) is 20.7 Å². The zero-order valence-electron chi connectivity index (χ0n) is 11.7. The molecule has 0 saturated carbocycles. The highest BCUT2D eigenvalue weighted by Crippen LogP contribution is 2.21. The van der Waals surface area contributed by atoms with Crippen LogP contribution in [0.2, 0.25) is 0 Å². The van der Waals surface area contributed by atoms with Crippen LogP contribution in [0.5, 0.6) is 0 Å². The minimum absolute atomic E-state index is 0.0492. The standard InChI is InChI=1S/C13H18BrNO5/c1-13(2,8-16)15(7-6-11(17)19-3)12(18)9-4-5-10(14)20-9/h4-5,16H,6-8H2,1-3H3. The molecule has 0 atom stereocenters. The normalized spacial score (nSPS) is 11.2. The van der Waals surface area contributed by atoms with Crippen molar-refractivity contribution in [2.45, 2.75) is 25.8 Å². The monoisotopic (exact) mass is 347 g/mol. The Hall–Kier alpha value is -1.34. The number of ether oxygens (including phenoxy) is 1. The molecule has 1 N–H and O–H groups in total. The minimum atomic E-state index is -0.815. The van der Waals surface area contributed by atoms with Gasteiger partial charge in [-0.25, -0.2) is 0 Å². The summed E-state index contributed by atoms with van der Waals surface area (Å²) in [4.78, 5) is 25.1. The van der Waals surface area contributed by atoms with Gasteiger partial charge in [-0.15, -0.1) is 0 Å². The molecule has 0 saturated heterocycles. The summed E-state index contributed by atoms with van der Waals surface area (Å²) in [5.41, 5.74) is -0.815. The van der Waals surface area contributed by atoms with Gasteiger partial charge in [0, 0.05) is 6.54 Å². The first kappa shape index (κ1) is 16.7. The van der Waals surface area contributed by atoms with E-state index in [1.807, 2.05) is 0 Å². The largest absolute Gasteiger partial charge is 0.469 e. The smallest absolute Gasteiger partial charge is 0.307 e. The predicted octanol–water partition coefficient (Wildman–Crippen LogP) is 1.82. The quantitative estimate of drug-likeness (QED) is 0.794. The van der Waals surface area contributed by atoms with Gasteiger partial charge < -0.3 is 19.2 Å². The lowest BCUT2D eigenvalue weighted by Crippen LogP contribution is -2.51. The summed E-state index contributed by atoms with van der Waals surface area (Å²) < 4.78 is 10.2. The second-order valence-corrected chi connectivity index (χ2v) is 5.64. The predicted molar refractivity (Wildman–Crippen MR) is 75.2 cm³/mol. The summed E-state index contributed by atoms with van der Waals surface area (Å²) in [6.07, 6.45) is 0.0492. The van der Waals surface area contributed by atoms with Crippen molar-refractivity contribution in [3.05, 3.63) is 22.6 Å². The zero-order chi connectivity index (χ0) is 15.3. The van der Waals surface area contributed by atoms with E-state index in [4.69, 9.17) is 4.42 Å². The Morgan fingerprint density at radius 2 is 2.10 bits per heavy atom. The SMILES string of the molecule is COC(=O)CCN(C(=O)c1ccc(Br)o1)C(C)(C)CO. The van der Waals surface area contributed by atoms with Crippen LogP contribution < -0.4 is 0 Å². The van der Waals surface area contributed by atoms with Crippen molar-refractivity contribution in [3.63, 3.8) is 0 Å². The number of furan rings is 1. The maximum absolute atomic E-state index is 12.4. The van der Waals surface area contributed by atoms with E-state index >= 15 is 0 Å². The van der Waals surface area contributed by atoms with Crippen LogP contribution in [0, 0.1) is 0 Å². The summed E-state index contributed by atoms with van der Waals surface area (Å²) >= 11 is 3.13. The highest BCUT2D eigenvalue weighted by atomic mass is 79.9. The maximum Gasteiger partial charge on any atom is 0.307 e. The topological polar surface area (TPSA) is 80.0 Å². The van der Waals surface area contributed by atoms with Gasteiger partial charge in [0.2, 0.25) is 0 Å². The molecule has 0 aliphatic carbocycles. The number of esters is 1. The maximum atomic E-state index is 12.4. The van der Waals surface area contributed by atoms with Crippen LogP contribution in [-0.2, 0) is 9.53 Å². The molecule has 0 aromatic carbocycles. The van der Waals surface area contributed by atoms with Crippen LogP contribution in [-0.4, -0.2) is 47.7 Å². The lowest BCUT2D eigenvalue weighted by Gasteiger charge is -2.36. The summed E-state index contributed by atoms with van der Waals surface area (Å²) in [5.74, 6) is -0.668. The molecule has 1 amide bonds. The van der Waals surface area contributed by atoms with Crippen molar-refractivity contribution < 1.29 is 23.8 Å². The van der Waals surface area contributed by atoms with Crippen LogP contribution in [0.1, 0.15) is 30.8 Å². The Labute approximate surface area is 125 Å². The molecule has 0 spiro atoms. The van der Waals surface area contributed by atoms with Crippen molar-refractivity contribution in [1.82, 2.24) is 4.90 Å². The molecule has 1 aromatic rings. The van der Waals surface area contributed by atoms with Gasteiger partial charge in [-0.05, 0) is 41.9 Å². The number of halogens is 1. The summed E-state index contributed by atoms with van der Waals surface area (Å²) in [6.45, 7) is 3.32. The van der Waals surface area contributed by atoms with Crippen molar-refractivity contribution in [2.24, 2.45) is 0 Å². The van der Waals surface area contributed by atoms with Gasteiger partial charge in [-0.1, -0.05) is 0 Å². The van der Waals surface area contributed by atoms with Crippen LogP contribution in [0.25, 0.3) is 0 Å². The number of carbonyl (C=O) groups excluding carboxylic acids is 2. The van der Waals surface area contributed by atoms with Crippen molar-refractivity contribution in [2.75, 3.05) is 20.3 Å². The van der Waals surface area contributed by atoms with Gasteiger partial charge in [0.15, 0.2) is 10.4 Å². The Balaban J connectivity index is 2.92. The molecule has 0 aliphatic rings. The second kappa shape index (κ2) is 6.90. The number of carbonyl (C=O) groups is 2. The first-order valence-corrected chi connectivity index (χ1v) is 6.86. The zero-order valence-corrected chi connectivity index (χ0v) is 13.3. The fourth-order valence-corrected chi connectivity index (χ4v) is 1.94. The first-order chi connectivity index (χ1) is 9.31. The molecule has 0 radical (unpaired) electrons. The van der Waals surface area contributed by atoms with Crippen LogP contribution >= 0.6 is 15.9 Å². The van der Waals surface area contributed by atoms with Gasteiger partial charge in [-0.2, -0.15) is 0 Å². The van der Waals surface area contributed by atoms with E-state index in [1.165, 1.54) is 18.1 Å². The lowest BCUT2D eigenvalue weighted by atomic mass is 10.0. The number of aliphatic hydroxyl groups is 1. The van der Waals surface area contributed by atoms with E-state index in [-0.39, 0.29) is 25.3 Å². The number of hydrogen-bond donors (Lipinski definition) is 1. The van der Waals surface area contributed by atoms with Crippen LogP contribution in [0.3, 0.4) is 0 Å². The molecule has 1 rings (SSSR count). The first-order valence-electron chi connectivity index (χ1n) is 6.07. The molecule has 0 unspecified atom stereocenters. The second-order valence-electron chi connectivity index (χ2n) is 4.86. The molecular formula is C13H18BrNO5. The third-order valence-electron chi connectivity index (χ3n) is 2.91. The van der Waals surface area contributed by atoms with E-state index in [0.29, 0.717) is 4.67 Å². The van der Waals surface area contributed by atoms with Crippen molar-refractivity contribution >= 4 is 27.8 Å². The Morgan fingerprint density at radius 3 is 2.55 bits per heavy atom. The molecule has 20 heavy (non-hydrogen) atoms. The Bertz CT molecular complexity index is 483. The number of rotatable bonds is 6. The van der Waals surface area contributed by atoms with Crippen molar-refractivity contribution in [3.8, 4) is 0 Å². The number of amides is 1. The van der Waals surface area contributed by atoms with E-state index in [1.54, 1.807) is 19.9 Å². The number of aliphatic hydroxyl groups excluding tert-OH is 1. The number of hydrogen-bond acceptors (Lipinski definition) is 5. The number of methoxy groups -OCH3 is 1. The van der Waals surface area contributed by atoms with Gasteiger partial charge in [0.25, 0.3) is 5.91 Å². The third kappa shape index (κ3) is 4.08. The average molecular weight is 348 g/mol. The van der Waals surface area contributed by atoms with E-state index in [9.17, 15) is 14.7 Å². The van der Waals surface area contributed by atoms with Crippen molar-refractivity contribution in [1.29, 1.82) is 0 Å². The highest BCUT2D eigenvalue weighted by Gasteiger charge is 2.32. The van der Waals surface area contributed by atoms with Gasteiger partial charge in [0.1, 0.15) is 0 Å². The molecule has 1 heterocycles. The third-order valence-corrected chi connectivity index (χ3v) is 3.34. The number of nitrogens with zero attached hydrogens (tertiary/aromatic N) is 1. The highest BCUT2D eigenvalue weighted by molar-refractivity contribution is 9.10. The lowest BCUT2D eigenvalue weighted by molar-refractivity contribution is -0.141.